The summed E-state index contributed by atoms with van der Waals surface area (Å²) < 4.78 is 14.7. The predicted molar refractivity (Wildman–Crippen MR) is 54.5 cm³/mol. The summed E-state index contributed by atoms with van der Waals surface area (Å²) in [7, 11) is 0. The Labute approximate surface area is 86.1 Å². The Bertz CT molecular complexity index is 438. The van der Waals surface area contributed by atoms with Crippen molar-refractivity contribution in [1.29, 1.82) is 0 Å². The van der Waals surface area contributed by atoms with Crippen LogP contribution in [0.5, 0.6) is 0 Å². The van der Waals surface area contributed by atoms with Crippen LogP contribution in [0.4, 0.5) is 4.39 Å². The normalized spacial score (nSPS) is 10.9. The lowest BCUT2D eigenvalue weighted by molar-refractivity contribution is 0.629. The minimum Gasteiger partial charge on any atom is -0.205 e. The summed E-state index contributed by atoms with van der Waals surface area (Å²) in [6.45, 7) is 0. The van der Waals surface area contributed by atoms with Crippen molar-refractivity contribution in [2.75, 3.05) is 0 Å². The highest BCUT2D eigenvalue weighted by atomic mass is 79.9. The molecule has 0 aliphatic carbocycles. The van der Waals surface area contributed by atoms with Gasteiger partial charge in [-0.25, -0.2) is 4.39 Å². The molecule has 0 saturated heterocycles. The summed E-state index contributed by atoms with van der Waals surface area (Å²) in [6.07, 6.45) is 0. The molecule has 0 aliphatic heterocycles. The SMILES string of the molecule is Fc1cc2ccsc2c(Br)c1Cl. The molecule has 0 bridgehead atoms. The second kappa shape index (κ2) is 2.98. The van der Waals surface area contributed by atoms with Gasteiger partial charge in [-0.05, 0) is 38.8 Å². The van der Waals surface area contributed by atoms with E-state index in [4.69, 9.17) is 11.6 Å². The first-order valence-corrected chi connectivity index (χ1v) is 5.26. The summed E-state index contributed by atoms with van der Waals surface area (Å²) in [6, 6.07) is 3.31. The van der Waals surface area contributed by atoms with Gasteiger partial charge in [-0.3, -0.25) is 0 Å². The molecule has 0 atom stereocenters. The highest BCUT2D eigenvalue weighted by Crippen LogP contribution is 2.36. The van der Waals surface area contributed by atoms with Gasteiger partial charge in [0.05, 0.1) is 14.2 Å². The Morgan fingerprint density at radius 2 is 2.25 bits per heavy atom. The fourth-order valence-electron chi connectivity index (χ4n) is 1.02. The molecule has 2 rings (SSSR count). The topological polar surface area (TPSA) is 0 Å². The summed E-state index contributed by atoms with van der Waals surface area (Å²) in [5.41, 5.74) is 0. The Balaban J connectivity index is 2.94. The number of halogens is 3. The van der Waals surface area contributed by atoms with Crippen molar-refractivity contribution in [3.63, 3.8) is 0 Å². The van der Waals surface area contributed by atoms with E-state index >= 15 is 0 Å². The van der Waals surface area contributed by atoms with Crippen LogP contribution in [-0.4, -0.2) is 0 Å². The number of hydrogen-bond acceptors (Lipinski definition) is 1. The quantitative estimate of drug-likeness (QED) is 0.617. The molecular weight excluding hydrogens is 263 g/mol. The third-order valence-corrected chi connectivity index (χ3v) is 4.18. The van der Waals surface area contributed by atoms with E-state index in [1.165, 1.54) is 17.4 Å². The van der Waals surface area contributed by atoms with Crippen LogP contribution in [0.15, 0.2) is 22.0 Å². The fraction of sp³-hybridized carbons (Fsp3) is 0. The Morgan fingerprint density at radius 1 is 1.50 bits per heavy atom. The standard InChI is InChI=1S/C8H3BrClFS/c9-6-7(10)5(11)3-4-1-2-12-8(4)6/h1-3H. The van der Waals surface area contributed by atoms with E-state index in [2.05, 4.69) is 15.9 Å². The monoisotopic (exact) mass is 264 g/mol. The summed E-state index contributed by atoms with van der Waals surface area (Å²) >= 11 is 10.5. The zero-order chi connectivity index (χ0) is 8.72. The lowest BCUT2D eigenvalue weighted by Gasteiger charge is -1.98. The average Bonchev–Trinajstić information content (AvgIpc) is 2.48. The van der Waals surface area contributed by atoms with Gasteiger partial charge in [0, 0.05) is 0 Å². The molecule has 1 aromatic heterocycles. The van der Waals surface area contributed by atoms with Gasteiger partial charge < -0.3 is 0 Å². The number of thiophene rings is 1. The number of benzene rings is 1. The van der Waals surface area contributed by atoms with Gasteiger partial charge in [-0.1, -0.05) is 11.6 Å². The summed E-state index contributed by atoms with van der Waals surface area (Å²) in [5, 5.41) is 2.95. The number of fused-ring (bicyclic) bond motifs is 1. The molecule has 0 radical (unpaired) electrons. The lowest BCUT2D eigenvalue weighted by Crippen LogP contribution is -1.77. The molecule has 1 aromatic carbocycles. The first kappa shape index (κ1) is 8.48. The van der Waals surface area contributed by atoms with Crippen LogP contribution in [0, 0.1) is 5.82 Å². The molecule has 0 N–H and O–H groups in total. The summed E-state index contributed by atoms with van der Waals surface area (Å²) in [4.78, 5) is 0. The molecule has 1 heterocycles. The largest absolute Gasteiger partial charge is 0.205 e. The van der Waals surface area contributed by atoms with Crippen molar-refractivity contribution in [2.45, 2.75) is 0 Å². The van der Waals surface area contributed by atoms with E-state index in [0.29, 0.717) is 4.47 Å². The van der Waals surface area contributed by atoms with Crippen molar-refractivity contribution in [3.05, 3.63) is 32.8 Å². The first-order valence-electron chi connectivity index (χ1n) is 3.21. The van der Waals surface area contributed by atoms with Crippen molar-refractivity contribution < 1.29 is 4.39 Å². The van der Waals surface area contributed by atoms with Crippen LogP contribution in [0.3, 0.4) is 0 Å². The van der Waals surface area contributed by atoms with Crippen LogP contribution >= 0.6 is 38.9 Å². The average molecular weight is 266 g/mol. The van der Waals surface area contributed by atoms with Gasteiger partial charge in [0.15, 0.2) is 0 Å². The van der Waals surface area contributed by atoms with Gasteiger partial charge in [0.1, 0.15) is 5.82 Å². The summed E-state index contributed by atoms with van der Waals surface area (Å²) in [5.74, 6) is -0.380. The maximum Gasteiger partial charge on any atom is 0.143 e. The van der Waals surface area contributed by atoms with E-state index in [0.717, 1.165) is 10.1 Å². The van der Waals surface area contributed by atoms with E-state index in [9.17, 15) is 4.39 Å². The van der Waals surface area contributed by atoms with Crippen LogP contribution in [0.2, 0.25) is 5.02 Å². The van der Waals surface area contributed by atoms with Crippen LogP contribution in [-0.2, 0) is 0 Å². The van der Waals surface area contributed by atoms with E-state index < -0.39 is 0 Å². The van der Waals surface area contributed by atoms with Crippen molar-refractivity contribution in [2.24, 2.45) is 0 Å². The molecule has 0 nitrogen and oxygen atoms in total. The molecule has 4 heteroatoms. The maximum atomic E-state index is 13.0. The second-order valence-electron chi connectivity index (χ2n) is 2.33. The van der Waals surface area contributed by atoms with Crippen molar-refractivity contribution in [1.82, 2.24) is 0 Å². The molecular formula is C8H3BrClFS. The second-order valence-corrected chi connectivity index (χ2v) is 4.41. The zero-order valence-corrected chi connectivity index (χ0v) is 8.93. The minimum atomic E-state index is -0.380. The molecule has 0 spiro atoms. The fourth-order valence-corrected chi connectivity index (χ4v) is 2.74. The molecule has 62 valence electrons. The van der Waals surface area contributed by atoms with E-state index in [-0.39, 0.29) is 10.8 Å². The molecule has 12 heavy (non-hydrogen) atoms. The zero-order valence-electron chi connectivity index (χ0n) is 5.77. The molecule has 0 unspecified atom stereocenters. The number of hydrogen-bond donors (Lipinski definition) is 0. The third kappa shape index (κ3) is 1.16. The van der Waals surface area contributed by atoms with Crippen molar-refractivity contribution >= 4 is 49.0 Å². The van der Waals surface area contributed by atoms with Gasteiger partial charge >= 0.3 is 0 Å². The molecule has 0 aliphatic rings. The highest BCUT2D eigenvalue weighted by Gasteiger charge is 2.09. The lowest BCUT2D eigenvalue weighted by atomic mass is 10.2. The number of rotatable bonds is 0. The first-order chi connectivity index (χ1) is 5.70. The van der Waals surface area contributed by atoms with Crippen LogP contribution < -0.4 is 0 Å². The van der Waals surface area contributed by atoms with Gasteiger partial charge in [-0.15, -0.1) is 11.3 Å². The van der Waals surface area contributed by atoms with Gasteiger partial charge in [-0.2, -0.15) is 0 Å². The Hall–Kier alpha value is -0.120. The molecule has 0 saturated carbocycles. The van der Waals surface area contributed by atoms with E-state index in [1.807, 2.05) is 11.4 Å². The highest BCUT2D eigenvalue weighted by molar-refractivity contribution is 9.10. The predicted octanol–water partition coefficient (Wildman–Crippen LogP) is 4.46. The van der Waals surface area contributed by atoms with Gasteiger partial charge in [0.25, 0.3) is 0 Å². The van der Waals surface area contributed by atoms with Crippen LogP contribution in [0.1, 0.15) is 0 Å². The Morgan fingerprint density at radius 3 is 3.00 bits per heavy atom. The van der Waals surface area contributed by atoms with Gasteiger partial charge in [0.2, 0.25) is 0 Å². The smallest absolute Gasteiger partial charge is 0.143 e. The maximum absolute atomic E-state index is 13.0. The van der Waals surface area contributed by atoms with E-state index in [1.54, 1.807) is 0 Å². The van der Waals surface area contributed by atoms with Crippen LogP contribution in [0.25, 0.3) is 10.1 Å². The molecule has 2 aromatic rings. The van der Waals surface area contributed by atoms with Crippen molar-refractivity contribution in [3.8, 4) is 0 Å². The molecule has 0 fully saturated rings. The Kier molecular flexibility index (Phi) is 2.10. The third-order valence-electron chi connectivity index (χ3n) is 1.58. The minimum absolute atomic E-state index is 0.157. The molecule has 0 amide bonds.